The van der Waals surface area contributed by atoms with E-state index in [2.05, 4.69) is 4.98 Å². The summed E-state index contributed by atoms with van der Waals surface area (Å²) in [6.45, 7) is 0.192. The Hall–Kier alpha value is -1.02. The van der Waals surface area contributed by atoms with Crippen molar-refractivity contribution >= 4 is 28.2 Å². The number of pyridine rings is 1. The van der Waals surface area contributed by atoms with Gasteiger partial charge in [-0.15, -0.1) is 0 Å². The molecule has 16 heavy (non-hydrogen) atoms. The van der Waals surface area contributed by atoms with Crippen LogP contribution >= 0.6 is 22.6 Å². The maximum Gasteiger partial charge on any atom is 0.258 e. The molecule has 0 aliphatic rings. The highest BCUT2D eigenvalue weighted by molar-refractivity contribution is 14.1. The van der Waals surface area contributed by atoms with Gasteiger partial charge in [-0.3, -0.25) is 9.20 Å². The molecule has 6 heteroatoms. The van der Waals surface area contributed by atoms with Crippen molar-refractivity contribution < 1.29 is 9.13 Å². The third-order valence-corrected chi connectivity index (χ3v) is 2.62. The average molecular weight is 334 g/mol. The molecule has 0 aromatic carbocycles. The number of aromatic nitrogens is 2. The van der Waals surface area contributed by atoms with Gasteiger partial charge in [-0.1, -0.05) is 0 Å². The van der Waals surface area contributed by atoms with E-state index in [9.17, 15) is 9.18 Å². The van der Waals surface area contributed by atoms with Crippen molar-refractivity contribution in [1.82, 2.24) is 9.38 Å². The number of hydrogen-bond acceptors (Lipinski definition) is 3. The molecule has 2 aromatic heterocycles. The smallest absolute Gasteiger partial charge is 0.258 e. The van der Waals surface area contributed by atoms with E-state index in [0.29, 0.717) is 9.26 Å². The first-order chi connectivity index (χ1) is 7.61. The summed E-state index contributed by atoms with van der Waals surface area (Å²) in [6.07, 6.45) is 1.55. The van der Waals surface area contributed by atoms with E-state index in [0.717, 1.165) is 0 Å². The van der Waals surface area contributed by atoms with Crippen LogP contribution in [0.15, 0.2) is 23.1 Å². The van der Waals surface area contributed by atoms with Gasteiger partial charge >= 0.3 is 0 Å². The molecule has 0 spiro atoms. The molecule has 0 fully saturated rings. The highest BCUT2D eigenvalue weighted by Gasteiger charge is 2.07. The number of rotatable bonds is 2. The molecule has 2 aromatic rings. The minimum Gasteiger partial charge on any atom is -0.378 e. The van der Waals surface area contributed by atoms with E-state index in [1.807, 2.05) is 22.6 Å². The molecule has 84 valence electrons. The first-order valence-corrected chi connectivity index (χ1v) is 5.56. The van der Waals surface area contributed by atoms with Crippen molar-refractivity contribution in [1.29, 1.82) is 0 Å². The Kier molecular flexibility index (Phi) is 3.20. The fraction of sp³-hybridized carbons (Fsp3) is 0.200. The average Bonchev–Trinajstić information content (AvgIpc) is 2.20. The van der Waals surface area contributed by atoms with E-state index < -0.39 is 5.82 Å². The first-order valence-electron chi connectivity index (χ1n) is 4.48. The molecule has 2 rings (SSSR count). The second-order valence-corrected chi connectivity index (χ2v) is 4.46. The topological polar surface area (TPSA) is 43.6 Å². The third-order valence-electron chi connectivity index (χ3n) is 2.03. The van der Waals surface area contributed by atoms with Crippen LogP contribution in [-0.2, 0) is 11.3 Å². The van der Waals surface area contributed by atoms with E-state index in [-0.39, 0.29) is 17.8 Å². The predicted octanol–water partition coefficient (Wildman–Crippen LogP) is 1.58. The predicted molar refractivity (Wildman–Crippen MR) is 64.9 cm³/mol. The summed E-state index contributed by atoms with van der Waals surface area (Å²) in [5.74, 6) is -0.512. The number of methoxy groups -OCH3 is 1. The van der Waals surface area contributed by atoms with Crippen LogP contribution < -0.4 is 5.56 Å². The van der Waals surface area contributed by atoms with Gasteiger partial charge < -0.3 is 4.74 Å². The van der Waals surface area contributed by atoms with Crippen LogP contribution in [0, 0.1) is 9.39 Å². The molecule has 0 unspecified atom stereocenters. The number of halogens is 2. The van der Waals surface area contributed by atoms with E-state index in [4.69, 9.17) is 4.74 Å². The van der Waals surface area contributed by atoms with Gasteiger partial charge in [0, 0.05) is 22.9 Å². The molecule has 2 heterocycles. The molecule has 0 N–H and O–H groups in total. The lowest BCUT2D eigenvalue weighted by Crippen LogP contribution is -2.17. The summed E-state index contributed by atoms with van der Waals surface area (Å²) in [7, 11) is 1.49. The van der Waals surface area contributed by atoms with Crippen molar-refractivity contribution in [3.8, 4) is 0 Å². The van der Waals surface area contributed by atoms with Gasteiger partial charge in [0.1, 0.15) is 0 Å². The molecule has 4 nitrogen and oxygen atoms in total. The highest BCUT2D eigenvalue weighted by Crippen LogP contribution is 2.11. The molecular formula is C10H8FIN2O2. The normalized spacial score (nSPS) is 10.9. The number of hydrogen-bond donors (Lipinski definition) is 0. The zero-order valence-corrected chi connectivity index (χ0v) is 10.6. The van der Waals surface area contributed by atoms with Crippen LogP contribution in [0.4, 0.5) is 4.39 Å². The Morgan fingerprint density at radius 2 is 2.31 bits per heavy atom. The lowest BCUT2D eigenvalue weighted by molar-refractivity contribution is 0.181. The molecule has 0 atom stereocenters. The van der Waals surface area contributed by atoms with Crippen LogP contribution in [0.25, 0.3) is 5.65 Å². The van der Waals surface area contributed by atoms with E-state index in [1.54, 1.807) is 6.20 Å². The van der Waals surface area contributed by atoms with Gasteiger partial charge in [-0.05, 0) is 28.7 Å². The van der Waals surface area contributed by atoms with Crippen LogP contribution in [0.2, 0.25) is 0 Å². The number of ether oxygens (including phenoxy) is 1. The summed E-state index contributed by atoms with van der Waals surface area (Å²) < 4.78 is 20.3. The van der Waals surface area contributed by atoms with Crippen molar-refractivity contribution in [3.05, 3.63) is 43.8 Å². The van der Waals surface area contributed by atoms with Crippen LogP contribution in [0.5, 0.6) is 0 Å². The lowest BCUT2D eigenvalue weighted by Gasteiger charge is -2.04. The second kappa shape index (κ2) is 4.46. The van der Waals surface area contributed by atoms with E-state index in [1.165, 1.54) is 23.6 Å². The van der Waals surface area contributed by atoms with Gasteiger partial charge in [0.25, 0.3) is 5.56 Å². The molecule has 0 aliphatic carbocycles. The standard InChI is InChI=1S/C10H8FIN2O2/c1-16-5-7-3-9(15)14-4-6(12)2-8(11)10(14)13-7/h2-4H,5H2,1H3. The van der Waals surface area contributed by atoms with Gasteiger partial charge in [-0.25, -0.2) is 9.37 Å². The molecular weight excluding hydrogens is 326 g/mol. The van der Waals surface area contributed by atoms with Gasteiger partial charge in [0.2, 0.25) is 0 Å². The van der Waals surface area contributed by atoms with Gasteiger partial charge in [0.15, 0.2) is 11.5 Å². The van der Waals surface area contributed by atoms with Crippen LogP contribution in [0.3, 0.4) is 0 Å². The lowest BCUT2D eigenvalue weighted by atomic mass is 10.4. The molecule has 0 aliphatic heterocycles. The maximum atomic E-state index is 13.6. The zero-order valence-electron chi connectivity index (χ0n) is 8.41. The minimum absolute atomic E-state index is 0.0277. The number of nitrogens with zero attached hydrogens (tertiary/aromatic N) is 2. The quantitative estimate of drug-likeness (QED) is 0.784. The van der Waals surface area contributed by atoms with Crippen molar-refractivity contribution in [2.75, 3.05) is 7.11 Å². The van der Waals surface area contributed by atoms with Crippen molar-refractivity contribution in [3.63, 3.8) is 0 Å². The Labute approximate surface area is 104 Å². The van der Waals surface area contributed by atoms with Crippen molar-refractivity contribution in [2.24, 2.45) is 0 Å². The SMILES string of the molecule is COCc1cc(=O)n2cc(I)cc(F)c2n1. The first kappa shape index (κ1) is 11.5. The summed E-state index contributed by atoms with van der Waals surface area (Å²) in [4.78, 5) is 15.7. The summed E-state index contributed by atoms with van der Waals surface area (Å²) in [5, 5.41) is 0. The summed E-state index contributed by atoms with van der Waals surface area (Å²) in [6, 6.07) is 2.67. The maximum absolute atomic E-state index is 13.6. The molecule has 0 saturated carbocycles. The van der Waals surface area contributed by atoms with Crippen LogP contribution in [0.1, 0.15) is 5.69 Å². The third kappa shape index (κ3) is 2.07. The number of fused-ring (bicyclic) bond motifs is 1. The summed E-state index contributed by atoms with van der Waals surface area (Å²) in [5.41, 5.74) is 0.141. The highest BCUT2D eigenvalue weighted by atomic mass is 127. The largest absolute Gasteiger partial charge is 0.378 e. The van der Waals surface area contributed by atoms with Gasteiger partial charge in [-0.2, -0.15) is 0 Å². The Morgan fingerprint density at radius 1 is 1.56 bits per heavy atom. The fourth-order valence-corrected chi connectivity index (χ4v) is 1.95. The zero-order chi connectivity index (χ0) is 11.7. The van der Waals surface area contributed by atoms with Crippen molar-refractivity contribution in [2.45, 2.75) is 6.61 Å². The minimum atomic E-state index is -0.512. The second-order valence-electron chi connectivity index (χ2n) is 3.22. The monoisotopic (exact) mass is 334 g/mol. The van der Waals surface area contributed by atoms with E-state index >= 15 is 0 Å². The van der Waals surface area contributed by atoms with Gasteiger partial charge in [0.05, 0.1) is 12.3 Å². The Morgan fingerprint density at radius 3 is 3.00 bits per heavy atom. The Balaban J connectivity index is 2.77. The molecule has 0 amide bonds. The molecule has 0 bridgehead atoms. The van der Waals surface area contributed by atoms with Crippen LogP contribution in [-0.4, -0.2) is 16.5 Å². The fourth-order valence-electron chi connectivity index (χ4n) is 1.40. The summed E-state index contributed by atoms with van der Waals surface area (Å²) >= 11 is 1.94. The Bertz CT molecular complexity index is 597. The molecule has 0 radical (unpaired) electrons. The molecule has 0 saturated heterocycles.